The van der Waals surface area contributed by atoms with Gasteiger partial charge in [-0.15, -0.1) is 0 Å². The first-order chi connectivity index (χ1) is 19.9. The van der Waals surface area contributed by atoms with E-state index in [0.29, 0.717) is 37.4 Å². The van der Waals surface area contributed by atoms with Gasteiger partial charge in [-0.05, 0) is 63.3 Å². The first kappa shape index (κ1) is 27.7. The predicted octanol–water partition coefficient (Wildman–Crippen LogP) is 2.11. The average Bonchev–Trinajstić information content (AvgIpc) is 3.71. The van der Waals surface area contributed by atoms with Crippen LogP contribution < -0.4 is 16.0 Å². The molecule has 214 valence electrons. The van der Waals surface area contributed by atoms with Crippen LogP contribution in [-0.4, -0.2) is 81.7 Å². The Bertz CT molecular complexity index is 1470. The Morgan fingerprint density at radius 2 is 2.10 bits per heavy atom. The van der Waals surface area contributed by atoms with E-state index in [-0.39, 0.29) is 36.3 Å². The highest BCUT2D eigenvalue weighted by molar-refractivity contribution is 5.98. The molecule has 4 N–H and O–H groups in total. The van der Waals surface area contributed by atoms with E-state index in [1.807, 2.05) is 37.4 Å². The van der Waals surface area contributed by atoms with Gasteiger partial charge in [0.05, 0.1) is 19.1 Å². The maximum absolute atomic E-state index is 13.5. The first-order valence-corrected chi connectivity index (χ1v) is 13.8. The van der Waals surface area contributed by atoms with Gasteiger partial charge in [-0.3, -0.25) is 19.7 Å². The minimum atomic E-state index is -0.739. The Kier molecular flexibility index (Phi) is 8.47. The molecule has 2 unspecified atom stereocenters. The number of aromatic amines is 1. The third-order valence-corrected chi connectivity index (χ3v) is 7.38. The summed E-state index contributed by atoms with van der Waals surface area (Å²) in [5.74, 6) is 0.267. The number of nitrogens with zero attached hydrogens (tertiary/aromatic N) is 5. The maximum Gasteiger partial charge on any atom is 0.269 e. The summed E-state index contributed by atoms with van der Waals surface area (Å²) in [7, 11) is 0. The smallest absolute Gasteiger partial charge is 0.269 e. The van der Waals surface area contributed by atoms with Crippen molar-refractivity contribution in [1.29, 1.82) is 5.26 Å². The number of amides is 3. The lowest BCUT2D eigenvalue weighted by molar-refractivity contribution is -0.141. The second-order valence-corrected chi connectivity index (χ2v) is 10.3. The summed E-state index contributed by atoms with van der Waals surface area (Å²) in [6.07, 6.45) is 8.38. The quantitative estimate of drug-likeness (QED) is 0.147. The van der Waals surface area contributed by atoms with Gasteiger partial charge in [0, 0.05) is 36.7 Å². The molecule has 2 saturated heterocycles. The number of furan rings is 1. The van der Waals surface area contributed by atoms with E-state index in [4.69, 9.17) is 4.42 Å². The number of carbonyl (C=O) groups is 3. The van der Waals surface area contributed by atoms with Crippen molar-refractivity contribution in [2.24, 2.45) is 4.99 Å². The number of benzene rings is 1. The molecule has 2 aliphatic heterocycles. The van der Waals surface area contributed by atoms with Gasteiger partial charge in [-0.2, -0.15) is 5.26 Å². The average molecular weight is 560 g/mol. The molecule has 5 rings (SSSR count). The van der Waals surface area contributed by atoms with E-state index in [1.54, 1.807) is 9.80 Å². The van der Waals surface area contributed by atoms with Gasteiger partial charge in [0.2, 0.25) is 17.8 Å². The molecule has 0 aliphatic carbocycles. The van der Waals surface area contributed by atoms with Crippen LogP contribution in [0.4, 0.5) is 5.69 Å². The number of aromatic nitrogens is 2. The fourth-order valence-corrected chi connectivity index (χ4v) is 5.37. The number of anilines is 1. The van der Waals surface area contributed by atoms with Crippen LogP contribution in [0, 0.1) is 18.4 Å². The molecule has 0 radical (unpaired) electrons. The Morgan fingerprint density at radius 3 is 2.90 bits per heavy atom. The standard InChI is InChI=1S/C28H33N9O4/c1-18-11-19-12-20(7-8-24(19)41-18)34-28(32-16-29)35-22-6-2-3-9-36(27(22)40)15-25(38)37-10-4-5-21(37)13-31-26(39)23-14-30-17-33-23/h7-8,11-12,14,17,21-22H,2-6,9-10,13,15H2,1H3,(H,30,33)(H,31,39)(H2,32,34,35). The highest BCUT2D eigenvalue weighted by atomic mass is 16.3. The van der Waals surface area contributed by atoms with Crippen LogP contribution >= 0.6 is 0 Å². The normalized spacial score (nSPS) is 19.6. The molecule has 2 aliphatic rings. The van der Waals surface area contributed by atoms with E-state index in [2.05, 4.69) is 30.9 Å². The summed E-state index contributed by atoms with van der Waals surface area (Å²) in [6.45, 7) is 3.17. The fourth-order valence-electron chi connectivity index (χ4n) is 5.37. The zero-order valence-electron chi connectivity index (χ0n) is 22.9. The summed E-state index contributed by atoms with van der Waals surface area (Å²) in [6, 6.07) is 6.55. The number of hydrogen-bond donors (Lipinski definition) is 4. The van der Waals surface area contributed by atoms with Crippen molar-refractivity contribution in [3.05, 3.63) is 48.2 Å². The summed E-state index contributed by atoms with van der Waals surface area (Å²) < 4.78 is 5.62. The van der Waals surface area contributed by atoms with Crippen LogP contribution in [0.2, 0.25) is 0 Å². The van der Waals surface area contributed by atoms with E-state index in [1.165, 1.54) is 12.5 Å². The molecule has 2 atom stereocenters. The number of fused-ring (bicyclic) bond motifs is 1. The molecule has 2 fully saturated rings. The topological polar surface area (TPSA) is 172 Å². The van der Waals surface area contributed by atoms with Crippen molar-refractivity contribution >= 4 is 40.3 Å². The van der Waals surface area contributed by atoms with Crippen LogP contribution in [0.5, 0.6) is 0 Å². The number of nitriles is 1. The molecule has 3 aromatic rings. The van der Waals surface area contributed by atoms with Crippen LogP contribution in [0.15, 0.2) is 46.2 Å². The van der Waals surface area contributed by atoms with Crippen LogP contribution in [0.3, 0.4) is 0 Å². The second-order valence-electron chi connectivity index (χ2n) is 10.3. The van der Waals surface area contributed by atoms with Crippen molar-refractivity contribution in [1.82, 2.24) is 30.4 Å². The zero-order valence-corrected chi connectivity index (χ0v) is 22.9. The molecule has 0 spiro atoms. The van der Waals surface area contributed by atoms with Crippen LogP contribution in [0.25, 0.3) is 11.0 Å². The Balaban J connectivity index is 1.23. The summed E-state index contributed by atoms with van der Waals surface area (Å²) in [4.78, 5) is 53.7. The number of guanidine groups is 1. The lowest BCUT2D eigenvalue weighted by atomic mass is 10.1. The van der Waals surface area contributed by atoms with E-state index in [9.17, 15) is 19.6 Å². The molecule has 2 aromatic heterocycles. The largest absolute Gasteiger partial charge is 0.461 e. The highest BCUT2D eigenvalue weighted by Crippen LogP contribution is 2.23. The van der Waals surface area contributed by atoms with E-state index >= 15 is 0 Å². The van der Waals surface area contributed by atoms with Gasteiger partial charge in [-0.25, -0.2) is 9.98 Å². The van der Waals surface area contributed by atoms with Gasteiger partial charge in [0.25, 0.3) is 5.91 Å². The maximum atomic E-state index is 13.5. The monoisotopic (exact) mass is 559 g/mol. The van der Waals surface area contributed by atoms with Gasteiger partial charge in [0.1, 0.15) is 23.1 Å². The van der Waals surface area contributed by atoms with Gasteiger partial charge < -0.3 is 29.8 Å². The number of aryl methyl sites for hydroxylation is 1. The second kappa shape index (κ2) is 12.5. The van der Waals surface area contributed by atoms with Gasteiger partial charge in [0.15, 0.2) is 6.19 Å². The zero-order chi connectivity index (χ0) is 28.8. The number of rotatable bonds is 7. The molecule has 13 heteroatoms. The van der Waals surface area contributed by atoms with Crippen molar-refractivity contribution in [2.45, 2.75) is 51.1 Å². The predicted molar refractivity (Wildman–Crippen MR) is 151 cm³/mol. The number of H-pyrrole nitrogens is 1. The molecule has 0 bridgehead atoms. The number of carbonyl (C=O) groups excluding carboxylic acids is 3. The van der Waals surface area contributed by atoms with Gasteiger partial charge >= 0.3 is 0 Å². The van der Waals surface area contributed by atoms with Crippen LogP contribution in [0.1, 0.15) is 48.4 Å². The van der Waals surface area contributed by atoms with Crippen molar-refractivity contribution < 1.29 is 18.8 Å². The Labute approximate surface area is 237 Å². The molecule has 13 nitrogen and oxygen atoms in total. The Hall–Kier alpha value is -4.86. The highest BCUT2D eigenvalue weighted by Gasteiger charge is 2.33. The number of aliphatic imine (C=N–C) groups is 1. The van der Waals surface area contributed by atoms with Crippen molar-refractivity contribution in [2.75, 3.05) is 31.5 Å². The minimum Gasteiger partial charge on any atom is -0.461 e. The number of hydrogen-bond acceptors (Lipinski definition) is 7. The molecular weight excluding hydrogens is 526 g/mol. The number of imidazole rings is 1. The summed E-state index contributed by atoms with van der Waals surface area (Å²) in [5.41, 5.74) is 1.80. The molecule has 3 amide bonds. The first-order valence-electron chi connectivity index (χ1n) is 13.8. The summed E-state index contributed by atoms with van der Waals surface area (Å²) in [5, 5.41) is 18.7. The van der Waals surface area contributed by atoms with Crippen molar-refractivity contribution in [3.63, 3.8) is 0 Å². The number of likely N-dealkylation sites (tertiary alicyclic amines) is 2. The Morgan fingerprint density at radius 1 is 1.22 bits per heavy atom. The lowest BCUT2D eigenvalue weighted by Gasteiger charge is -2.29. The molecule has 4 heterocycles. The fraction of sp³-hybridized carbons (Fsp3) is 0.429. The minimum absolute atomic E-state index is 0.0548. The lowest BCUT2D eigenvalue weighted by Crippen LogP contribution is -2.49. The molecule has 41 heavy (non-hydrogen) atoms. The van der Waals surface area contributed by atoms with E-state index in [0.717, 1.165) is 42.4 Å². The SMILES string of the molecule is Cc1cc2cc(NC(=NC3CCCCN(CC(=O)N4CCCC4CNC(=O)c4cnc[nH]4)C3=O)NC#N)ccc2o1. The van der Waals surface area contributed by atoms with E-state index < -0.39 is 6.04 Å². The van der Waals surface area contributed by atoms with Crippen LogP contribution in [-0.2, 0) is 9.59 Å². The molecular formula is C28H33N9O4. The summed E-state index contributed by atoms with van der Waals surface area (Å²) >= 11 is 0. The van der Waals surface area contributed by atoms with Crippen molar-refractivity contribution in [3.8, 4) is 6.19 Å². The van der Waals surface area contributed by atoms with Gasteiger partial charge in [-0.1, -0.05) is 0 Å². The number of nitrogens with one attached hydrogen (secondary N) is 4. The third kappa shape index (κ3) is 6.66. The molecule has 0 saturated carbocycles. The third-order valence-electron chi connectivity index (χ3n) is 7.38. The molecule has 1 aromatic carbocycles.